The van der Waals surface area contributed by atoms with E-state index in [1.54, 1.807) is 0 Å². The lowest BCUT2D eigenvalue weighted by Crippen LogP contribution is -2.20. The zero-order valence-corrected chi connectivity index (χ0v) is 21.4. The number of hydrogen-bond acceptors (Lipinski definition) is 4. The lowest BCUT2D eigenvalue weighted by atomic mass is 9.76. The summed E-state index contributed by atoms with van der Waals surface area (Å²) in [6.45, 7) is 12.8. The molecular formula is C31H34N2O2. The van der Waals surface area contributed by atoms with Gasteiger partial charge in [-0.15, -0.1) is 0 Å². The van der Waals surface area contributed by atoms with Crippen LogP contribution in [-0.2, 0) is 5.41 Å². The summed E-state index contributed by atoms with van der Waals surface area (Å²) in [5.41, 5.74) is 20.0. The monoisotopic (exact) mass is 466 g/mol. The van der Waals surface area contributed by atoms with Crippen LogP contribution in [0.4, 0.5) is 11.4 Å². The Kier molecular flexibility index (Phi) is 6.49. The fraction of sp³-hybridized carbons (Fsp3) is 0.226. The summed E-state index contributed by atoms with van der Waals surface area (Å²) in [5.74, 6) is 3.04. The van der Waals surface area contributed by atoms with Gasteiger partial charge in [-0.1, -0.05) is 62.4 Å². The van der Waals surface area contributed by atoms with Crippen LogP contribution in [0.5, 0.6) is 23.0 Å². The summed E-state index contributed by atoms with van der Waals surface area (Å²) in [5, 5.41) is 0. The maximum absolute atomic E-state index is 6.21. The fourth-order valence-corrected chi connectivity index (χ4v) is 4.48. The first-order chi connectivity index (χ1) is 16.6. The van der Waals surface area contributed by atoms with Crippen LogP contribution in [0.2, 0.25) is 0 Å². The number of aryl methyl sites for hydroxylation is 4. The Morgan fingerprint density at radius 1 is 0.543 bits per heavy atom. The molecule has 4 heteroatoms. The van der Waals surface area contributed by atoms with Gasteiger partial charge < -0.3 is 20.9 Å². The van der Waals surface area contributed by atoms with Gasteiger partial charge in [-0.3, -0.25) is 0 Å². The van der Waals surface area contributed by atoms with E-state index < -0.39 is 0 Å². The van der Waals surface area contributed by atoms with Crippen molar-refractivity contribution in [2.75, 3.05) is 11.5 Å². The third-order valence-electron chi connectivity index (χ3n) is 6.63. The number of rotatable bonds is 6. The van der Waals surface area contributed by atoms with E-state index >= 15 is 0 Å². The fourth-order valence-electron chi connectivity index (χ4n) is 4.48. The quantitative estimate of drug-likeness (QED) is 0.282. The highest BCUT2D eigenvalue weighted by molar-refractivity contribution is 5.58. The minimum absolute atomic E-state index is 0.223. The highest BCUT2D eigenvalue weighted by Gasteiger charge is 2.26. The summed E-state index contributed by atoms with van der Waals surface area (Å²) in [6, 6.07) is 24.0. The van der Waals surface area contributed by atoms with Crippen LogP contribution in [0.1, 0.15) is 47.2 Å². The molecule has 0 aliphatic carbocycles. The predicted octanol–water partition coefficient (Wildman–Crippen LogP) is 8.00. The lowest BCUT2D eigenvalue weighted by molar-refractivity contribution is 0.475. The molecule has 4 nitrogen and oxygen atoms in total. The first-order valence-corrected chi connectivity index (χ1v) is 11.9. The standard InChI is InChI=1S/C31H34N2O2/c1-19-15-23(16-20(2)29(19)34-27-13-9-7-11-25(27)32)31(5,6)24-17-21(3)30(22(4)18-24)35-28-14-10-8-12-26(28)33/h7-18H,32-33H2,1-6H3. The molecule has 0 atom stereocenters. The van der Waals surface area contributed by atoms with E-state index in [-0.39, 0.29) is 5.41 Å². The van der Waals surface area contributed by atoms with E-state index in [0.29, 0.717) is 22.9 Å². The molecule has 4 N–H and O–H groups in total. The van der Waals surface area contributed by atoms with Gasteiger partial charge in [0.25, 0.3) is 0 Å². The topological polar surface area (TPSA) is 70.5 Å². The van der Waals surface area contributed by atoms with Crippen molar-refractivity contribution in [2.24, 2.45) is 0 Å². The van der Waals surface area contributed by atoms with Gasteiger partial charge in [-0.05, 0) is 85.3 Å². The van der Waals surface area contributed by atoms with Crippen molar-refractivity contribution >= 4 is 11.4 Å². The van der Waals surface area contributed by atoms with Gasteiger partial charge in [-0.25, -0.2) is 0 Å². The van der Waals surface area contributed by atoms with Gasteiger partial charge in [0.1, 0.15) is 23.0 Å². The molecule has 0 bridgehead atoms. The van der Waals surface area contributed by atoms with Gasteiger partial charge in [0.05, 0.1) is 11.4 Å². The Morgan fingerprint density at radius 3 is 1.17 bits per heavy atom. The molecule has 0 unspecified atom stereocenters. The van der Waals surface area contributed by atoms with E-state index in [1.165, 1.54) is 11.1 Å². The largest absolute Gasteiger partial charge is 0.455 e. The molecule has 35 heavy (non-hydrogen) atoms. The Hall–Kier alpha value is -3.92. The molecule has 4 rings (SSSR count). The summed E-state index contributed by atoms with van der Waals surface area (Å²) < 4.78 is 12.4. The van der Waals surface area contributed by atoms with Crippen molar-refractivity contribution in [1.29, 1.82) is 0 Å². The lowest BCUT2D eigenvalue weighted by Gasteiger charge is -2.29. The molecule has 4 aromatic rings. The van der Waals surface area contributed by atoms with Crippen molar-refractivity contribution in [3.05, 3.63) is 106 Å². The molecule has 0 saturated heterocycles. The highest BCUT2D eigenvalue weighted by atomic mass is 16.5. The van der Waals surface area contributed by atoms with E-state index in [0.717, 1.165) is 33.8 Å². The van der Waals surface area contributed by atoms with Crippen LogP contribution in [-0.4, -0.2) is 0 Å². The Balaban J connectivity index is 1.67. The molecule has 0 radical (unpaired) electrons. The number of benzene rings is 4. The second-order valence-corrected chi connectivity index (χ2v) is 9.78. The smallest absolute Gasteiger partial charge is 0.150 e. The van der Waals surface area contributed by atoms with Crippen LogP contribution >= 0.6 is 0 Å². The van der Waals surface area contributed by atoms with Crippen LogP contribution < -0.4 is 20.9 Å². The van der Waals surface area contributed by atoms with Crippen molar-refractivity contribution in [2.45, 2.75) is 47.0 Å². The average molecular weight is 467 g/mol. The molecule has 0 aromatic heterocycles. The Bertz CT molecular complexity index is 1240. The molecule has 0 heterocycles. The van der Waals surface area contributed by atoms with Crippen molar-refractivity contribution in [3.63, 3.8) is 0 Å². The van der Waals surface area contributed by atoms with E-state index in [2.05, 4.69) is 65.8 Å². The van der Waals surface area contributed by atoms with Gasteiger partial charge in [0.15, 0.2) is 0 Å². The molecule has 0 spiro atoms. The number of nitrogens with two attached hydrogens (primary N) is 2. The summed E-state index contributed by atoms with van der Waals surface area (Å²) in [4.78, 5) is 0. The van der Waals surface area contributed by atoms with Crippen LogP contribution in [0.25, 0.3) is 0 Å². The first kappa shape index (κ1) is 24.2. The predicted molar refractivity (Wildman–Crippen MR) is 146 cm³/mol. The van der Waals surface area contributed by atoms with E-state index in [4.69, 9.17) is 20.9 Å². The van der Waals surface area contributed by atoms with Crippen molar-refractivity contribution < 1.29 is 9.47 Å². The third-order valence-corrected chi connectivity index (χ3v) is 6.63. The molecule has 0 amide bonds. The molecule has 4 aromatic carbocycles. The van der Waals surface area contributed by atoms with Crippen molar-refractivity contribution in [1.82, 2.24) is 0 Å². The number of hydrogen-bond donors (Lipinski definition) is 2. The molecule has 0 aliphatic heterocycles. The minimum Gasteiger partial charge on any atom is -0.455 e. The Morgan fingerprint density at radius 2 is 0.857 bits per heavy atom. The van der Waals surface area contributed by atoms with Gasteiger partial charge in [-0.2, -0.15) is 0 Å². The maximum atomic E-state index is 6.21. The van der Waals surface area contributed by atoms with Gasteiger partial charge in [0.2, 0.25) is 0 Å². The van der Waals surface area contributed by atoms with E-state index in [1.807, 2.05) is 48.5 Å². The van der Waals surface area contributed by atoms with Gasteiger partial charge in [0, 0.05) is 5.41 Å². The second kappa shape index (κ2) is 9.38. The zero-order chi connectivity index (χ0) is 25.3. The Labute approximate surface area is 208 Å². The molecule has 180 valence electrons. The summed E-state index contributed by atoms with van der Waals surface area (Å²) in [7, 11) is 0. The molecule has 0 saturated carbocycles. The van der Waals surface area contributed by atoms with Crippen LogP contribution in [0.3, 0.4) is 0 Å². The number of anilines is 2. The molecule has 0 fully saturated rings. The van der Waals surface area contributed by atoms with E-state index in [9.17, 15) is 0 Å². The number of nitrogen functional groups attached to an aromatic ring is 2. The van der Waals surface area contributed by atoms with Crippen LogP contribution in [0, 0.1) is 27.7 Å². The molecular weight excluding hydrogens is 432 g/mol. The number of para-hydroxylation sites is 4. The SMILES string of the molecule is Cc1cc(C(C)(C)c2cc(C)c(Oc3ccccc3N)c(C)c2)cc(C)c1Oc1ccccc1N. The van der Waals surface area contributed by atoms with Crippen molar-refractivity contribution in [3.8, 4) is 23.0 Å². The summed E-state index contributed by atoms with van der Waals surface area (Å²) in [6.07, 6.45) is 0. The maximum Gasteiger partial charge on any atom is 0.150 e. The normalized spacial score (nSPS) is 11.4. The second-order valence-electron chi connectivity index (χ2n) is 9.78. The highest BCUT2D eigenvalue weighted by Crippen LogP contribution is 2.41. The number of ether oxygens (including phenoxy) is 2. The minimum atomic E-state index is -0.223. The zero-order valence-electron chi connectivity index (χ0n) is 21.4. The van der Waals surface area contributed by atoms with Gasteiger partial charge >= 0.3 is 0 Å². The summed E-state index contributed by atoms with van der Waals surface area (Å²) >= 11 is 0. The van der Waals surface area contributed by atoms with Crippen LogP contribution in [0.15, 0.2) is 72.8 Å². The molecule has 0 aliphatic rings. The first-order valence-electron chi connectivity index (χ1n) is 11.9. The third kappa shape index (κ3) is 4.83. The average Bonchev–Trinajstić information content (AvgIpc) is 2.80.